The van der Waals surface area contributed by atoms with Crippen LogP contribution < -0.4 is 0 Å². The zero-order chi connectivity index (χ0) is 14.2. The van der Waals surface area contributed by atoms with Crippen LogP contribution in [0.25, 0.3) is 0 Å². The molecule has 1 unspecified atom stereocenters. The van der Waals surface area contributed by atoms with Crippen LogP contribution in [-0.4, -0.2) is 0 Å². The highest BCUT2D eigenvalue weighted by atomic mass is 127. The number of hydrogen-bond acceptors (Lipinski definition) is 0. The number of benzene rings is 2. The van der Waals surface area contributed by atoms with E-state index in [1.54, 1.807) is 0 Å². The molecule has 0 nitrogen and oxygen atoms in total. The van der Waals surface area contributed by atoms with Crippen LogP contribution in [0.1, 0.15) is 27.6 Å². The molecule has 0 saturated heterocycles. The second kappa shape index (κ2) is 6.33. The van der Waals surface area contributed by atoms with Gasteiger partial charge in [0.1, 0.15) is 0 Å². The first-order valence-electron chi connectivity index (χ1n) is 5.76. The van der Waals surface area contributed by atoms with Crippen LogP contribution in [0.3, 0.4) is 0 Å². The lowest BCUT2D eigenvalue weighted by Gasteiger charge is -2.16. The van der Waals surface area contributed by atoms with E-state index in [4.69, 9.17) is 23.2 Å². The van der Waals surface area contributed by atoms with Gasteiger partial charge in [-0.25, -0.2) is 0 Å². The van der Waals surface area contributed by atoms with Crippen LogP contribution in [0.5, 0.6) is 0 Å². The fourth-order valence-corrected chi connectivity index (χ4v) is 3.83. The fourth-order valence-electron chi connectivity index (χ4n) is 1.87. The Hall–Kier alpha value is 0.230. The van der Waals surface area contributed by atoms with Crippen molar-refractivity contribution in [2.75, 3.05) is 0 Å². The van der Waals surface area contributed by atoms with Gasteiger partial charge in [-0.05, 0) is 83.0 Å². The van der Waals surface area contributed by atoms with Crippen molar-refractivity contribution in [1.29, 1.82) is 0 Å². The third kappa shape index (κ3) is 3.46. The van der Waals surface area contributed by atoms with Crippen molar-refractivity contribution in [3.63, 3.8) is 0 Å². The van der Waals surface area contributed by atoms with Crippen LogP contribution >= 0.6 is 61.7 Å². The second-order valence-corrected chi connectivity index (χ2v) is 7.41. The van der Waals surface area contributed by atoms with Crippen molar-refractivity contribution in [3.05, 3.63) is 65.7 Å². The summed E-state index contributed by atoms with van der Waals surface area (Å²) in [6.45, 7) is 4.13. The topological polar surface area (TPSA) is 0 Å². The molecule has 100 valence electrons. The first kappa shape index (κ1) is 15.6. The molecule has 0 amide bonds. The molecule has 0 spiro atoms. The highest BCUT2D eigenvalue weighted by Gasteiger charge is 2.18. The largest absolute Gasteiger partial charge is 0.112 e. The molecule has 4 heteroatoms. The average Bonchev–Trinajstić information content (AvgIpc) is 2.36. The molecule has 0 aliphatic rings. The molecule has 0 N–H and O–H groups in total. The summed E-state index contributed by atoms with van der Waals surface area (Å²) in [5, 5.41) is 0.482. The Labute approximate surface area is 145 Å². The molecule has 0 heterocycles. The molecule has 0 saturated carbocycles. The Morgan fingerprint density at radius 3 is 2.37 bits per heavy atom. The summed E-state index contributed by atoms with van der Waals surface area (Å²) in [5.41, 5.74) is 4.42. The van der Waals surface area contributed by atoms with E-state index in [9.17, 15) is 0 Å². The maximum Gasteiger partial charge on any atom is 0.0860 e. The summed E-state index contributed by atoms with van der Waals surface area (Å²) in [4.78, 5) is 0. The number of rotatable bonds is 2. The van der Waals surface area contributed by atoms with E-state index in [-0.39, 0.29) is 5.38 Å². The highest BCUT2D eigenvalue weighted by molar-refractivity contribution is 14.1. The first-order chi connectivity index (χ1) is 8.90. The lowest BCUT2D eigenvalue weighted by molar-refractivity contribution is 1.11. The smallest absolute Gasteiger partial charge is 0.0860 e. The third-order valence-corrected chi connectivity index (χ3v) is 5.39. The van der Waals surface area contributed by atoms with Gasteiger partial charge in [-0.3, -0.25) is 0 Å². The van der Waals surface area contributed by atoms with Crippen LogP contribution in [0.2, 0.25) is 5.02 Å². The molecule has 0 aliphatic carbocycles. The van der Waals surface area contributed by atoms with Gasteiger partial charge in [-0.2, -0.15) is 0 Å². The van der Waals surface area contributed by atoms with Gasteiger partial charge in [0.15, 0.2) is 0 Å². The van der Waals surface area contributed by atoms with Crippen LogP contribution in [0.4, 0.5) is 0 Å². The van der Waals surface area contributed by atoms with E-state index in [0.29, 0.717) is 0 Å². The zero-order valence-electron chi connectivity index (χ0n) is 10.5. The predicted molar refractivity (Wildman–Crippen MR) is 95.5 cm³/mol. The van der Waals surface area contributed by atoms with Crippen LogP contribution in [-0.2, 0) is 0 Å². The van der Waals surface area contributed by atoms with Crippen LogP contribution in [0, 0.1) is 17.4 Å². The summed E-state index contributed by atoms with van der Waals surface area (Å²) in [5.74, 6) is 0. The molecule has 19 heavy (non-hydrogen) atoms. The maximum absolute atomic E-state index is 6.63. The van der Waals surface area contributed by atoms with Gasteiger partial charge in [0.25, 0.3) is 0 Å². The van der Waals surface area contributed by atoms with Gasteiger partial charge < -0.3 is 0 Å². The minimum Gasteiger partial charge on any atom is -0.112 e. The molecule has 2 aromatic carbocycles. The van der Waals surface area contributed by atoms with E-state index in [2.05, 4.69) is 58.4 Å². The molecule has 1 atom stereocenters. The lowest BCUT2D eigenvalue weighted by atomic mass is 10.00. The average molecular weight is 470 g/mol. The maximum atomic E-state index is 6.63. The van der Waals surface area contributed by atoms with Gasteiger partial charge in [0, 0.05) is 13.1 Å². The van der Waals surface area contributed by atoms with Crippen molar-refractivity contribution >= 4 is 61.7 Å². The fraction of sp³-hybridized carbons (Fsp3) is 0.200. The number of hydrogen-bond donors (Lipinski definition) is 0. The number of aryl methyl sites for hydroxylation is 2. The van der Waals surface area contributed by atoms with Gasteiger partial charge in [0.2, 0.25) is 0 Å². The van der Waals surface area contributed by atoms with Crippen molar-refractivity contribution in [3.8, 4) is 0 Å². The Morgan fingerprint density at radius 2 is 1.68 bits per heavy atom. The Morgan fingerprint density at radius 1 is 1.05 bits per heavy atom. The van der Waals surface area contributed by atoms with Crippen LogP contribution in [0.15, 0.2) is 34.8 Å². The molecular formula is C15H12BrCl2I. The highest BCUT2D eigenvalue weighted by Crippen LogP contribution is 2.38. The van der Waals surface area contributed by atoms with Crippen molar-refractivity contribution in [1.82, 2.24) is 0 Å². The molecule has 2 aromatic rings. The zero-order valence-corrected chi connectivity index (χ0v) is 15.7. The molecule has 0 bridgehead atoms. The van der Waals surface area contributed by atoms with Crippen molar-refractivity contribution < 1.29 is 0 Å². The summed E-state index contributed by atoms with van der Waals surface area (Å²) in [6.07, 6.45) is 0. The normalized spacial score (nSPS) is 12.5. The summed E-state index contributed by atoms with van der Waals surface area (Å²) >= 11 is 18.8. The minimum atomic E-state index is -0.240. The van der Waals surface area contributed by atoms with Gasteiger partial charge in [-0.1, -0.05) is 33.6 Å². The monoisotopic (exact) mass is 468 g/mol. The predicted octanol–water partition coefficient (Wildman–Crippen LogP) is 6.65. The number of alkyl halides is 1. The van der Waals surface area contributed by atoms with E-state index in [1.807, 2.05) is 24.3 Å². The second-order valence-electron chi connectivity index (χ2n) is 4.49. The standard InChI is InChI=1S/C15H12BrCl2I/c1-8-5-11(13(17)6-9(8)2)15(18)12-7-10(16)3-4-14(12)19/h3-7,15H,1-2H3. The Balaban J connectivity index is 2.52. The first-order valence-corrected chi connectivity index (χ1v) is 8.44. The molecule has 0 aromatic heterocycles. The molecule has 0 radical (unpaired) electrons. The molecular weight excluding hydrogens is 458 g/mol. The van der Waals surface area contributed by atoms with Gasteiger partial charge >= 0.3 is 0 Å². The third-order valence-electron chi connectivity index (χ3n) is 3.12. The quantitative estimate of drug-likeness (QED) is 0.341. The Bertz CT molecular complexity index is 626. The summed E-state index contributed by atoms with van der Waals surface area (Å²) < 4.78 is 2.16. The summed E-state index contributed by atoms with van der Waals surface area (Å²) in [6, 6.07) is 10.2. The van der Waals surface area contributed by atoms with Gasteiger partial charge in [-0.15, -0.1) is 11.6 Å². The van der Waals surface area contributed by atoms with E-state index in [0.717, 1.165) is 24.2 Å². The van der Waals surface area contributed by atoms with E-state index in [1.165, 1.54) is 11.1 Å². The molecule has 0 aliphatic heterocycles. The van der Waals surface area contributed by atoms with Gasteiger partial charge in [0.05, 0.1) is 5.38 Å². The lowest BCUT2D eigenvalue weighted by Crippen LogP contribution is -1.99. The van der Waals surface area contributed by atoms with E-state index < -0.39 is 0 Å². The van der Waals surface area contributed by atoms with Crippen molar-refractivity contribution in [2.24, 2.45) is 0 Å². The molecule has 2 rings (SSSR count). The SMILES string of the molecule is Cc1cc(Cl)c(C(Cl)c2cc(Br)ccc2I)cc1C. The van der Waals surface area contributed by atoms with Crippen molar-refractivity contribution in [2.45, 2.75) is 19.2 Å². The summed E-state index contributed by atoms with van der Waals surface area (Å²) in [7, 11) is 0. The number of halogens is 4. The molecule has 0 fully saturated rings. The minimum absolute atomic E-state index is 0.240. The Kier molecular flexibility index (Phi) is 5.21. The van der Waals surface area contributed by atoms with E-state index >= 15 is 0 Å².